The molecule has 0 amide bonds. The molecular formula is C13H17NO2. The molecule has 0 spiro atoms. The molecule has 2 rings (SSSR count). The molecular weight excluding hydrogens is 202 g/mol. The van der Waals surface area contributed by atoms with Crippen molar-refractivity contribution in [1.29, 1.82) is 0 Å². The molecule has 0 bridgehead atoms. The highest BCUT2D eigenvalue weighted by molar-refractivity contribution is 5.71. The molecule has 1 aliphatic heterocycles. The third-order valence-corrected chi connectivity index (χ3v) is 3.12. The van der Waals surface area contributed by atoms with Crippen LogP contribution in [-0.4, -0.2) is 37.6 Å². The van der Waals surface area contributed by atoms with E-state index in [9.17, 15) is 4.79 Å². The van der Waals surface area contributed by atoms with Crippen molar-refractivity contribution in [2.45, 2.75) is 12.3 Å². The molecule has 1 saturated heterocycles. The van der Waals surface area contributed by atoms with E-state index in [1.807, 2.05) is 6.07 Å². The van der Waals surface area contributed by atoms with E-state index in [-0.39, 0.29) is 5.97 Å². The fraction of sp³-hybridized carbons (Fsp3) is 0.462. The predicted octanol–water partition coefficient (Wildman–Crippen LogP) is 1.65. The Morgan fingerprint density at radius 1 is 1.44 bits per heavy atom. The monoisotopic (exact) mass is 219 g/mol. The third kappa shape index (κ3) is 2.61. The molecule has 0 radical (unpaired) electrons. The predicted molar refractivity (Wildman–Crippen MR) is 62.3 cm³/mol. The molecule has 0 saturated carbocycles. The molecule has 0 aliphatic carbocycles. The highest BCUT2D eigenvalue weighted by Gasteiger charge is 2.25. The maximum absolute atomic E-state index is 11.1. The van der Waals surface area contributed by atoms with Crippen LogP contribution in [0.4, 0.5) is 0 Å². The summed E-state index contributed by atoms with van der Waals surface area (Å²) in [5, 5.41) is 0. The van der Waals surface area contributed by atoms with Gasteiger partial charge < -0.3 is 4.74 Å². The first-order chi connectivity index (χ1) is 7.79. The Hall–Kier alpha value is -1.35. The van der Waals surface area contributed by atoms with Crippen LogP contribution < -0.4 is 0 Å². The van der Waals surface area contributed by atoms with Gasteiger partial charge in [0.25, 0.3) is 0 Å². The Bertz CT molecular complexity index is 350. The van der Waals surface area contributed by atoms with Crippen LogP contribution >= 0.6 is 0 Å². The van der Waals surface area contributed by atoms with Crippen LogP contribution in [0.5, 0.6) is 0 Å². The van der Waals surface area contributed by atoms with Gasteiger partial charge in [0.1, 0.15) is 0 Å². The first-order valence-electron chi connectivity index (χ1n) is 5.63. The number of carbonyl (C=O) groups is 1. The maximum atomic E-state index is 11.1. The minimum Gasteiger partial charge on any atom is -0.468 e. The van der Waals surface area contributed by atoms with Gasteiger partial charge in [0.05, 0.1) is 13.7 Å². The Labute approximate surface area is 96.0 Å². The average molecular weight is 219 g/mol. The van der Waals surface area contributed by atoms with E-state index in [4.69, 9.17) is 0 Å². The average Bonchev–Trinajstić information content (AvgIpc) is 2.78. The summed E-state index contributed by atoms with van der Waals surface area (Å²) in [7, 11) is 1.44. The summed E-state index contributed by atoms with van der Waals surface area (Å²) in [4.78, 5) is 13.3. The van der Waals surface area contributed by atoms with E-state index in [0.29, 0.717) is 12.5 Å². The topological polar surface area (TPSA) is 29.5 Å². The molecule has 3 nitrogen and oxygen atoms in total. The van der Waals surface area contributed by atoms with Gasteiger partial charge >= 0.3 is 5.97 Å². The lowest BCUT2D eigenvalue weighted by atomic mass is 9.99. The quantitative estimate of drug-likeness (QED) is 0.724. The van der Waals surface area contributed by atoms with Crippen LogP contribution in [0.25, 0.3) is 0 Å². The van der Waals surface area contributed by atoms with Gasteiger partial charge in [0, 0.05) is 6.54 Å². The molecule has 1 aromatic carbocycles. The van der Waals surface area contributed by atoms with Gasteiger partial charge in [-0.2, -0.15) is 0 Å². The lowest BCUT2D eigenvalue weighted by Gasteiger charge is -2.14. The molecule has 0 aromatic heterocycles. The fourth-order valence-corrected chi connectivity index (χ4v) is 2.22. The number of esters is 1. The standard InChI is InChI=1S/C13H17NO2/c1-16-13(15)10-14-8-7-12(9-14)11-5-3-2-4-6-11/h2-6,12H,7-10H2,1H3. The highest BCUT2D eigenvalue weighted by atomic mass is 16.5. The minimum absolute atomic E-state index is 0.145. The number of methoxy groups -OCH3 is 1. The minimum atomic E-state index is -0.145. The van der Waals surface area contributed by atoms with E-state index in [0.717, 1.165) is 19.5 Å². The molecule has 1 aromatic rings. The summed E-state index contributed by atoms with van der Waals surface area (Å²) < 4.78 is 4.67. The van der Waals surface area contributed by atoms with Crippen LogP contribution in [0.1, 0.15) is 17.9 Å². The molecule has 16 heavy (non-hydrogen) atoms. The number of likely N-dealkylation sites (tertiary alicyclic amines) is 1. The van der Waals surface area contributed by atoms with Crippen molar-refractivity contribution in [3.05, 3.63) is 35.9 Å². The lowest BCUT2D eigenvalue weighted by Crippen LogP contribution is -2.28. The zero-order chi connectivity index (χ0) is 11.4. The molecule has 1 atom stereocenters. The van der Waals surface area contributed by atoms with Gasteiger partial charge in [-0.1, -0.05) is 30.3 Å². The third-order valence-electron chi connectivity index (χ3n) is 3.12. The van der Waals surface area contributed by atoms with E-state index in [1.54, 1.807) is 0 Å². The van der Waals surface area contributed by atoms with Crippen LogP contribution in [0.3, 0.4) is 0 Å². The number of benzene rings is 1. The van der Waals surface area contributed by atoms with Gasteiger partial charge in [0.15, 0.2) is 0 Å². The van der Waals surface area contributed by atoms with Crippen LogP contribution in [0, 0.1) is 0 Å². The van der Waals surface area contributed by atoms with Crippen molar-refractivity contribution in [3.8, 4) is 0 Å². The zero-order valence-electron chi connectivity index (χ0n) is 9.56. The number of rotatable bonds is 3. The smallest absolute Gasteiger partial charge is 0.319 e. The van der Waals surface area contributed by atoms with Crippen molar-refractivity contribution in [1.82, 2.24) is 4.90 Å². The first-order valence-corrected chi connectivity index (χ1v) is 5.63. The Morgan fingerprint density at radius 2 is 2.19 bits per heavy atom. The summed E-state index contributed by atoms with van der Waals surface area (Å²) >= 11 is 0. The van der Waals surface area contributed by atoms with E-state index >= 15 is 0 Å². The Kier molecular flexibility index (Phi) is 3.57. The Balaban J connectivity index is 1.91. The molecule has 3 heteroatoms. The molecule has 86 valence electrons. The molecule has 1 heterocycles. The van der Waals surface area contributed by atoms with Crippen molar-refractivity contribution in [3.63, 3.8) is 0 Å². The van der Waals surface area contributed by atoms with Gasteiger partial charge in [-0.25, -0.2) is 0 Å². The second-order valence-electron chi connectivity index (χ2n) is 4.21. The second kappa shape index (κ2) is 5.12. The van der Waals surface area contributed by atoms with Crippen molar-refractivity contribution in [2.75, 3.05) is 26.7 Å². The highest BCUT2D eigenvalue weighted by Crippen LogP contribution is 2.26. The van der Waals surface area contributed by atoms with Crippen molar-refractivity contribution < 1.29 is 9.53 Å². The summed E-state index contributed by atoms with van der Waals surface area (Å²) in [5.41, 5.74) is 1.37. The summed E-state index contributed by atoms with van der Waals surface area (Å²) in [5.74, 6) is 0.416. The summed E-state index contributed by atoms with van der Waals surface area (Å²) in [6.45, 7) is 2.35. The number of carbonyl (C=O) groups excluding carboxylic acids is 1. The molecule has 1 unspecified atom stereocenters. The lowest BCUT2D eigenvalue weighted by molar-refractivity contribution is -0.141. The fourth-order valence-electron chi connectivity index (χ4n) is 2.22. The van der Waals surface area contributed by atoms with Crippen LogP contribution in [0.2, 0.25) is 0 Å². The van der Waals surface area contributed by atoms with E-state index in [1.165, 1.54) is 12.7 Å². The number of nitrogens with zero attached hydrogens (tertiary/aromatic N) is 1. The van der Waals surface area contributed by atoms with Gasteiger partial charge in [-0.3, -0.25) is 9.69 Å². The van der Waals surface area contributed by atoms with Crippen molar-refractivity contribution in [2.24, 2.45) is 0 Å². The zero-order valence-corrected chi connectivity index (χ0v) is 9.56. The summed E-state index contributed by atoms with van der Waals surface area (Å²) in [6, 6.07) is 10.5. The molecule has 1 aliphatic rings. The largest absolute Gasteiger partial charge is 0.468 e. The van der Waals surface area contributed by atoms with Crippen LogP contribution in [0.15, 0.2) is 30.3 Å². The van der Waals surface area contributed by atoms with Crippen molar-refractivity contribution >= 4 is 5.97 Å². The number of ether oxygens (including phenoxy) is 1. The van der Waals surface area contributed by atoms with Gasteiger partial charge in [-0.15, -0.1) is 0 Å². The Morgan fingerprint density at radius 3 is 2.88 bits per heavy atom. The van der Waals surface area contributed by atoms with E-state index < -0.39 is 0 Å². The van der Waals surface area contributed by atoms with E-state index in [2.05, 4.69) is 33.9 Å². The maximum Gasteiger partial charge on any atom is 0.319 e. The second-order valence-corrected chi connectivity index (χ2v) is 4.21. The van der Waals surface area contributed by atoms with Gasteiger partial charge in [-0.05, 0) is 24.4 Å². The van der Waals surface area contributed by atoms with Gasteiger partial charge in [0.2, 0.25) is 0 Å². The molecule has 0 N–H and O–H groups in total. The normalized spacial score (nSPS) is 20.9. The number of hydrogen-bond acceptors (Lipinski definition) is 3. The number of hydrogen-bond donors (Lipinski definition) is 0. The summed E-state index contributed by atoms with van der Waals surface area (Å²) in [6.07, 6.45) is 1.13. The SMILES string of the molecule is COC(=O)CN1CCC(c2ccccc2)C1. The first kappa shape index (κ1) is 11.1. The van der Waals surface area contributed by atoms with Crippen LogP contribution in [-0.2, 0) is 9.53 Å². The molecule has 1 fully saturated rings.